The second-order valence-corrected chi connectivity index (χ2v) is 7.29. The van der Waals surface area contributed by atoms with Crippen molar-refractivity contribution in [3.8, 4) is 11.5 Å². The number of halogens is 2. The minimum atomic E-state index is -0.379. The molecule has 0 unspecified atom stereocenters. The number of aromatic nitrogens is 2. The number of ether oxygens (including phenoxy) is 2. The molecule has 0 spiro atoms. The van der Waals surface area contributed by atoms with Crippen molar-refractivity contribution in [3.63, 3.8) is 0 Å². The first-order chi connectivity index (χ1) is 14.5. The van der Waals surface area contributed by atoms with Crippen molar-refractivity contribution in [3.05, 3.63) is 82.2 Å². The van der Waals surface area contributed by atoms with Crippen LogP contribution >= 0.6 is 23.2 Å². The third kappa shape index (κ3) is 4.20. The van der Waals surface area contributed by atoms with Crippen LogP contribution in [0.1, 0.15) is 16.1 Å². The molecule has 2 heterocycles. The van der Waals surface area contributed by atoms with Crippen molar-refractivity contribution in [2.75, 3.05) is 12.4 Å². The number of rotatable bonds is 6. The number of hydrogen-bond donors (Lipinski definition) is 2. The monoisotopic (exact) mass is 441 g/mol. The lowest BCUT2D eigenvalue weighted by Gasteiger charge is -2.13. The van der Waals surface area contributed by atoms with Gasteiger partial charge in [-0.1, -0.05) is 29.3 Å². The third-order valence-electron chi connectivity index (χ3n) is 4.46. The van der Waals surface area contributed by atoms with Crippen LogP contribution in [0.15, 0.2) is 60.9 Å². The summed E-state index contributed by atoms with van der Waals surface area (Å²) in [6.07, 6.45) is 3.42. The number of H-pyrrole nitrogens is 1. The average molecular weight is 442 g/mol. The van der Waals surface area contributed by atoms with Crippen LogP contribution in [0.3, 0.4) is 0 Å². The van der Waals surface area contributed by atoms with E-state index in [1.165, 1.54) is 0 Å². The second kappa shape index (κ2) is 8.65. The molecule has 6 nitrogen and oxygen atoms in total. The van der Waals surface area contributed by atoms with E-state index in [9.17, 15) is 4.79 Å². The van der Waals surface area contributed by atoms with Crippen LogP contribution in [-0.2, 0) is 6.61 Å². The van der Waals surface area contributed by atoms with Gasteiger partial charge in [-0.05, 0) is 36.4 Å². The Morgan fingerprint density at radius 1 is 1.13 bits per heavy atom. The predicted molar refractivity (Wildman–Crippen MR) is 118 cm³/mol. The van der Waals surface area contributed by atoms with Gasteiger partial charge in [0.25, 0.3) is 5.91 Å². The fraction of sp³-hybridized carbons (Fsp3) is 0.0909. The molecule has 0 fully saturated rings. The van der Waals surface area contributed by atoms with Gasteiger partial charge in [0.05, 0.1) is 12.1 Å². The number of carbonyl (C=O) groups is 1. The molecule has 0 aliphatic heterocycles. The fourth-order valence-electron chi connectivity index (χ4n) is 2.99. The van der Waals surface area contributed by atoms with Crippen molar-refractivity contribution in [1.82, 2.24) is 9.97 Å². The highest BCUT2D eigenvalue weighted by molar-refractivity contribution is 6.40. The summed E-state index contributed by atoms with van der Waals surface area (Å²) in [4.78, 5) is 19.9. The fourth-order valence-corrected chi connectivity index (χ4v) is 3.45. The van der Waals surface area contributed by atoms with Gasteiger partial charge in [0.1, 0.15) is 12.3 Å². The normalized spacial score (nSPS) is 10.8. The van der Waals surface area contributed by atoms with E-state index in [0.717, 1.165) is 11.1 Å². The van der Waals surface area contributed by atoms with Gasteiger partial charge < -0.3 is 19.8 Å². The first kappa shape index (κ1) is 20.1. The number of nitrogens with zero attached hydrogens (tertiary/aromatic N) is 1. The van der Waals surface area contributed by atoms with E-state index in [2.05, 4.69) is 15.3 Å². The molecule has 0 saturated heterocycles. The summed E-state index contributed by atoms with van der Waals surface area (Å²) in [5.74, 6) is 0.666. The summed E-state index contributed by atoms with van der Waals surface area (Å²) in [7, 11) is 1.56. The van der Waals surface area contributed by atoms with Gasteiger partial charge in [0.15, 0.2) is 11.5 Å². The molecule has 0 bridgehead atoms. The van der Waals surface area contributed by atoms with Crippen LogP contribution in [0, 0.1) is 0 Å². The molecular formula is C22H17Cl2N3O3. The Bertz CT molecular complexity index is 1210. The topological polar surface area (TPSA) is 76.2 Å². The molecule has 1 amide bonds. The minimum Gasteiger partial charge on any atom is -0.493 e. The van der Waals surface area contributed by atoms with E-state index < -0.39 is 0 Å². The van der Waals surface area contributed by atoms with Crippen LogP contribution in [0.5, 0.6) is 11.5 Å². The number of nitrogens with one attached hydrogen (secondary N) is 2. The van der Waals surface area contributed by atoms with Gasteiger partial charge in [-0.25, -0.2) is 0 Å². The van der Waals surface area contributed by atoms with Gasteiger partial charge >= 0.3 is 0 Å². The number of hydrogen-bond acceptors (Lipinski definition) is 4. The molecule has 2 N–H and O–H groups in total. The Labute approximate surface area is 182 Å². The summed E-state index contributed by atoms with van der Waals surface area (Å²) in [6, 6.07) is 14.1. The zero-order valence-corrected chi connectivity index (χ0v) is 17.4. The Morgan fingerprint density at radius 3 is 2.77 bits per heavy atom. The predicted octanol–water partition coefficient (Wildman–Crippen LogP) is 5.71. The molecule has 2 aromatic heterocycles. The molecule has 8 heteroatoms. The van der Waals surface area contributed by atoms with Crippen LogP contribution in [0.4, 0.5) is 5.69 Å². The molecule has 30 heavy (non-hydrogen) atoms. The summed E-state index contributed by atoms with van der Waals surface area (Å²) in [5.41, 5.74) is 2.43. The van der Waals surface area contributed by atoms with E-state index in [4.69, 9.17) is 32.7 Å². The molecule has 0 atom stereocenters. The summed E-state index contributed by atoms with van der Waals surface area (Å²) in [6.45, 7) is 0.316. The van der Waals surface area contributed by atoms with Crippen molar-refractivity contribution in [2.24, 2.45) is 0 Å². The highest BCUT2D eigenvalue weighted by Crippen LogP contribution is 2.33. The molecule has 152 valence electrons. The van der Waals surface area contributed by atoms with E-state index in [1.54, 1.807) is 55.9 Å². The van der Waals surface area contributed by atoms with Crippen LogP contribution in [-0.4, -0.2) is 23.0 Å². The standard InChI is InChI=1S/C22H17Cl2N3O3/c1-29-18-7-5-15(10-19(18)30-12-13-3-2-8-25-11-13)26-22(28)21-20(24)16-9-14(23)4-6-17(16)27-21/h2-11,27H,12H2,1H3,(H,26,28). The maximum absolute atomic E-state index is 12.8. The number of carbonyl (C=O) groups excluding carboxylic acids is 1. The van der Waals surface area contributed by atoms with E-state index in [0.29, 0.717) is 39.2 Å². The van der Waals surface area contributed by atoms with Crippen LogP contribution in [0.2, 0.25) is 10.0 Å². The number of amides is 1. The molecule has 4 aromatic rings. The molecular weight excluding hydrogens is 425 g/mol. The smallest absolute Gasteiger partial charge is 0.273 e. The average Bonchev–Trinajstić information content (AvgIpc) is 3.09. The van der Waals surface area contributed by atoms with Gasteiger partial charge in [0.2, 0.25) is 0 Å². The van der Waals surface area contributed by atoms with Crippen LogP contribution < -0.4 is 14.8 Å². The number of methoxy groups -OCH3 is 1. The Morgan fingerprint density at radius 2 is 2.00 bits per heavy atom. The zero-order chi connectivity index (χ0) is 21.1. The number of fused-ring (bicyclic) bond motifs is 1. The lowest BCUT2D eigenvalue weighted by molar-refractivity contribution is 0.102. The van der Waals surface area contributed by atoms with Crippen molar-refractivity contribution in [2.45, 2.75) is 6.61 Å². The van der Waals surface area contributed by atoms with E-state index in [1.807, 2.05) is 12.1 Å². The first-order valence-corrected chi connectivity index (χ1v) is 9.78. The Balaban J connectivity index is 1.55. The van der Waals surface area contributed by atoms with Gasteiger partial charge in [-0.15, -0.1) is 0 Å². The number of benzene rings is 2. The minimum absolute atomic E-state index is 0.252. The second-order valence-electron chi connectivity index (χ2n) is 6.47. The highest BCUT2D eigenvalue weighted by atomic mass is 35.5. The van der Waals surface area contributed by atoms with Gasteiger partial charge in [0, 0.05) is 45.6 Å². The maximum atomic E-state index is 12.8. The van der Waals surface area contributed by atoms with Crippen molar-refractivity contribution < 1.29 is 14.3 Å². The summed E-state index contributed by atoms with van der Waals surface area (Å²) in [5, 5.41) is 4.37. The molecule has 0 saturated carbocycles. The maximum Gasteiger partial charge on any atom is 0.273 e. The zero-order valence-electron chi connectivity index (χ0n) is 15.9. The third-order valence-corrected chi connectivity index (χ3v) is 5.09. The largest absolute Gasteiger partial charge is 0.493 e. The molecule has 0 aliphatic carbocycles. The summed E-state index contributed by atoms with van der Waals surface area (Å²) < 4.78 is 11.2. The highest BCUT2D eigenvalue weighted by Gasteiger charge is 2.17. The van der Waals surface area contributed by atoms with Crippen molar-refractivity contribution in [1.29, 1.82) is 0 Å². The number of aromatic amines is 1. The first-order valence-electron chi connectivity index (χ1n) is 9.03. The quantitative estimate of drug-likeness (QED) is 0.401. The van der Waals surface area contributed by atoms with Gasteiger partial charge in [-0.2, -0.15) is 0 Å². The molecule has 0 radical (unpaired) electrons. The molecule has 0 aliphatic rings. The molecule has 2 aromatic carbocycles. The van der Waals surface area contributed by atoms with E-state index in [-0.39, 0.29) is 11.6 Å². The van der Waals surface area contributed by atoms with Gasteiger partial charge in [-0.3, -0.25) is 9.78 Å². The van der Waals surface area contributed by atoms with Crippen LogP contribution in [0.25, 0.3) is 10.9 Å². The number of pyridine rings is 1. The lowest BCUT2D eigenvalue weighted by Crippen LogP contribution is -2.13. The Kier molecular flexibility index (Phi) is 5.79. The molecule has 4 rings (SSSR count). The SMILES string of the molecule is COc1ccc(NC(=O)c2[nH]c3ccc(Cl)cc3c2Cl)cc1OCc1cccnc1. The Hall–Kier alpha value is -3.22. The number of anilines is 1. The van der Waals surface area contributed by atoms with Crippen molar-refractivity contribution >= 4 is 45.7 Å². The summed E-state index contributed by atoms with van der Waals surface area (Å²) >= 11 is 12.4. The lowest BCUT2D eigenvalue weighted by atomic mass is 10.2. The van der Waals surface area contributed by atoms with E-state index >= 15 is 0 Å².